The Labute approximate surface area is 142 Å². The molecule has 0 spiro atoms. The maximum absolute atomic E-state index is 8.36. The maximum atomic E-state index is 8.36. The highest BCUT2D eigenvalue weighted by atomic mass is 15.6. The van der Waals surface area contributed by atoms with Crippen molar-refractivity contribution in [1.82, 2.24) is 11.0 Å². The zero-order chi connectivity index (χ0) is 17.1. The topological polar surface area (TPSA) is 36.4 Å². The number of nitrogens with one attached hydrogen (secondary N) is 2. The molecule has 3 aromatic carbocycles. The van der Waals surface area contributed by atoms with Gasteiger partial charge in [0.15, 0.2) is 1.41 Å². The minimum atomic E-state index is 0.778. The first-order valence-electron chi connectivity index (χ1n) is 8.32. The average Bonchev–Trinajstić information content (AvgIpc) is 2.70. The lowest BCUT2D eigenvalue weighted by Crippen LogP contribution is -2.33. The van der Waals surface area contributed by atoms with Crippen LogP contribution in [0, 0.1) is 0 Å². The van der Waals surface area contributed by atoms with Crippen LogP contribution in [0.25, 0.3) is 11.3 Å². The Morgan fingerprint density at radius 1 is 0.625 bits per heavy atom. The van der Waals surface area contributed by atoms with Gasteiger partial charge < -0.3 is 0 Å². The summed E-state index contributed by atoms with van der Waals surface area (Å²) in [6.45, 7) is 0. The van der Waals surface area contributed by atoms with E-state index in [9.17, 15) is 0 Å². The summed E-state index contributed by atoms with van der Waals surface area (Å²) in [7, 11) is 0. The molecule has 0 radical (unpaired) electrons. The number of hydrogen-bond acceptors (Lipinski definition) is 3. The van der Waals surface area contributed by atoms with Crippen LogP contribution < -0.4 is 11.0 Å². The third-order valence-corrected chi connectivity index (χ3v) is 3.95. The molecule has 3 heteroatoms. The molecule has 1 heterocycles. The van der Waals surface area contributed by atoms with Gasteiger partial charge in [-0.3, -0.25) is 5.42 Å². The van der Waals surface area contributed by atoms with Gasteiger partial charge in [0, 0.05) is 16.7 Å². The van der Waals surface area contributed by atoms with Crippen molar-refractivity contribution in [1.29, 1.82) is 0 Å². The Balaban J connectivity index is 1.99. The molecule has 0 saturated carbocycles. The molecule has 0 amide bonds. The second-order valence-corrected chi connectivity index (χ2v) is 5.49. The lowest BCUT2D eigenvalue weighted by atomic mass is 9.91. The first-order chi connectivity index (χ1) is 12.3. The predicted molar refractivity (Wildman–Crippen MR) is 98.9 cm³/mol. The first kappa shape index (κ1) is 13.1. The van der Waals surface area contributed by atoms with Crippen LogP contribution >= 0.6 is 0 Å². The van der Waals surface area contributed by atoms with Crippen LogP contribution in [-0.4, -0.2) is 5.71 Å². The number of hydrogen-bond donors (Lipinski definition) is 2. The minimum absolute atomic E-state index is 0.778. The zero-order valence-electron chi connectivity index (χ0n) is 14.1. The summed E-state index contributed by atoms with van der Waals surface area (Å²) in [4.78, 5) is 0. The number of hydrazine groups is 1. The van der Waals surface area contributed by atoms with E-state index >= 15 is 0 Å². The summed E-state index contributed by atoms with van der Waals surface area (Å²) in [6.07, 6.45) is 0. The summed E-state index contributed by atoms with van der Waals surface area (Å²) >= 11 is 0. The predicted octanol–water partition coefficient (Wildman–Crippen LogP) is 4.07. The number of hydrazone groups is 1. The van der Waals surface area contributed by atoms with Crippen LogP contribution in [0.4, 0.5) is 0 Å². The van der Waals surface area contributed by atoms with E-state index in [1.165, 1.54) is 5.42 Å². The molecule has 3 nitrogen and oxygen atoms in total. The Bertz CT molecular complexity index is 919. The molecule has 0 unspecified atom stereocenters. The van der Waals surface area contributed by atoms with Gasteiger partial charge in [-0.05, 0) is 5.56 Å². The highest BCUT2D eigenvalue weighted by molar-refractivity contribution is 6.37. The molecule has 1 aliphatic heterocycles. The van der Waals surface area contributed by atoms with E-state index in [0.29, 0.717) is 0 Å². The first-order valence-corrected chi connectivity index (χ1v) is 7.88. The van der Waals surface area contributed by atoms with E-state index in [1.807, 2.05) is 78.9 Å². The number of benzene rings is 3. The van der Waals surface area contributed by atoms with Crippen LogP contribution in [-0.2, 0) is 0 Å². The second kappa shape index (κ2) is 6.42. The summed E-state index contributed by atoms with van der Waals surface area (Å²) in [5.41, 5.74) is 9.58. The summed E-state index contributed by atoms with van der Waals surface area (Å²) in [5.74, 6) is 0. The van der Waals surface area contributed by atoms with E-state index in [2.05, 4.69) is 22.8 Å². The van der Waals surface area contributed by atoms with Gasteiger partial charge >= 0.3 is 0 Å². The monoisotopic (exact) mass is 312 g/mol. The van der Waals surface area contributed by atoms with Crippen LogP contribution in [0.2, 0.25) is 1.41 Å². The number of allylic oxidation sites excluding steroid dienone is 1. The molecule has 0 aliphatic carbocycles. The quantitative estimate of drug-likeness (QED) is 0.765. The summed E-state index contributed by atoms with van der Waals surface area (Å²) in [5, 5.41) is 4.46. The molecular formula is C21H17N3. The number of rotatable bonds is 3. The van der Waals surface area contributed by atoms with Crippen LogP contribution in [0.1, 0.15) is 16.7 Å². The fraction of sp³-hybridized carbons (Fsp3) is 0. The van der Waals surface area contributed by atoms with Crippen LogP contribution in [0.3, 0.4) is 0 Å². The van der Waals surface area contributed by atoms with Crippen molar-refractivity contribution in [2.75, 3.05) is 0 Å². The van der Waals surface area contributed by atoms with Crippen molar-refractivity contribution in [2.45, 2.75) is 0 Å². The van der Waals surface area contributed by atoms with Crippen molar-refractivity contribution < 1.29 is 1.41 Å². The summed E-state index contributed by atoms with van der Waals surface area (Å²) < 4.78 is 8.36. The molecule has 1 aliphatic rings. The van der Waals surface area contributed by atoms with E-state index in [1.54, 1.807) is 0 Å². The molecule has 0 saturated heterocycles. The molecule has 3 aromatic rings. The minimum Gasteiger partial charge on any atom is -0.284 e. The SMILES string of the molecule is [2H]N1NN=C(c2ccccc2)C(c2ccccc2)=C1c1ccccc1. The van der Waals surface area contributed by atoms with Gasteiger partial charge in [0.05, 0.1) is 5.70 Å². The molecule has 4 rings (SSSR count). The second-order valence-electron chi connectivity index (χ2n) is 5.49. The van der Waals surface area contributed by atoms with Crippen molar-refractivity contribution in [3.05, 3.63) is 108 Å². The third-order valence-electron chi connectivity index (χ3n) is 3.95. The Hall–Kier alpha value is -3.33. The molecule has 0 aromatic heterocycles. The fourth-order valence-corrected chi connectivity index (χ4v) is 2.84. The highest BCUT2D eigenvalue weighted by Gasteiger charge is 2.21. The molecule has 2 N–H and O–H groups in total. The van der Waals surface area contributed by atoms with Gasteiger partial charge in [-0.1, -0.05) is 91.0 Å². The van der Waals surface area contributed by atoms with Crippen LogP contribution in [0.5, 0.6) is 0 Å². The Morgan fingerprint density at radius 3 is 1.71 bits per heavy atom. The fourth-order valence-electron chi connectivity index (χ4n) is 2.84. The normalized spacial score (nSPS) is 14.8. The standard InChI is InChI=1S/C21H17N3/c1-4-10-16(11-5-1)19-20(17-12-6-2-7-13-17)22-24-23-21(19)18-14-8-3-9-15-18/h1-15,22,24H/i/hD. The van der Waals surface area contributed by atoms with Crippen molar-refractivity contribution in [3.63, 3.8) is 0 Å². The lowest BCUT2D eigenvalue weighted by Gasteiger charge is -2.24. The van der Waals surface area contributed by atoms with Crippen LogP contribution in [0.15, 0.2) is 96.1 Å². The largest absolute Gasteiger partial charge is 0.284 e. The zero-order valence-corrected chi connectivity index (χ0v) is 13.1. The van der Waals surface area contributed by atoms with E-state index in [4.69, 9.17) is 1.41 Å². The Morgan fingerprint density at radius 2 is 1.12 bits per heavy atom. The van der Waals surface area contributed by atoms with Crippen molar-refractivity contribution in [3.8, 4) is 0 Å². The average molecular weight is 312 g/mol. The van der Waals surface area contributed by atoms with E-state index in [-0.39, 0.29) is 0 Å². The Kier molecular flexibility index (Phi) is 3.52. The molecule has 116 valence electrons. The molecule has 0 fully saturated rings. The van der Waals surface area contributed by atoms with E-state index < -0.39 is 0 Å². The molecule has 24 heavy (non-hydrogen) atoms. The van der Waals surface area contributed by atoms with Crippen molar-refractivity contribution >= 4 is 17.0 Å². The number of nitrogens with zero attached hydrogens (tertiary/aromatic N) is 1. The highest BCUT2D eigenvalue weighted by Crippen LogP contribution is 2.29. The lowest BCUT2D eigenvalue weighted by molar-refractivity contribution is 0.678. The molecular weight excluding hydrogens is 294 g/mol. The summed E-state index contributed by atoms with van der Waals surface area (Å²) in [6, 6.07) is 30.1. The van der Waals surface area contributed by atoms with Gasteiger partial charge in [0.2, 0.25) is 0 Å². The van der Waals surface area contributed by atoms with Crippen molar-refractivity contribution in [2.24, 2.45) is 5.10 Å². The third kappa shape index (κ3) is 2.68. The van der Waals surface area contributed by atoms with Gasteiger partial charge in [-0.2, -0.15) is 5.10 Å². The van der Waals surface area contributed by atoms with Gasteiger partial charge in [-0.25, -0.2) is 5.53 Å². The van der Waals surface area contributed by atoms with Gasteiger partial charge in [-0.15, -0.1) is 0 Å². The smallest absolute Gasteiger partial charge is 0.189 e. The van der Waals surface area contributed by atoms with Gasteiger partial charge in [0.25, 0.3) is 0 Å². The molecule has 0 bridgehead atoms. The maximum Gasteiger partial charge on any atom is 0.189 e. The van der Waals surface area contributed by atoms with Gasteiger partial charge in [0.1, 0.15) is 5.71 Å². The molecule has 0 atom stereocenters. The van der Waals surface area contributed by atoms with E-state index in [0.717, 1.165) is 33.7 Å².